The van der Waals surface area contributed by atoms with Gasteiger partial charge in [0, 0.05) is 6.07 Å². The summed E-state index contributed by atoms with van der Waals surface area (Å²) in [6, 6.07) is 1.11. The van der Waals surface area contributed by atoms with Crippen molar-refractivity contribution in [2.75, 3.05) is 0 Å². The molecule has 0 spiro atoms. The quantitative estimate of drug-likeness (QED) is 0.621. The number of halogens is 1. The van der Waals surface area contributed by atoms with E-state index >= 15 is 0 Å². The predicted molar refractivity (Wildman–Crippen MR) is 74.7 cm³/mol. The van der Waals surface area contributed by atoms with Crippen LogP contribution >= 0.6 is 11.6 Å². The Morgan fingerprint density at radius 2 is 2.20 bits per heavy atom. The minimum absolute atomic E-state index is 0.0948. The van der Waals surface area contributed by atoms with E-state index in [9.17, 15) is 4.79 Å². The maximum absolute atomic E-state index is 12.1. The summed E-state index contributed by atoms with van der Waals surface area (Å²) in [4.78, 5) is 16.1. The average molecular weight is 297 g/mol. The summed E-state index contributed by atoms with van der Waals surface area (Å²) in [6.45, 7) is 5.85. The van der Waals surface area contributed by atoms with Gasteiger partial charge in [0.2, 0.25) is 0 Å². The third kappa shape index (κ3) is 2.20. The van der Waals surface area contributed by atoms with Crippen LogP contribution in [0.5, 0.6) is 0 Å². The molecule has 6 heteroatoms. The Morgan fingerprint density at radius 1 is 1.45 bits per heavy atom. The summed E-state index contributed by atoms with van der Waals surface area (Å²) >= 11 is 5.74. The molecule has 0 aromatic carbocycles. The second-order valence-corrected chi connectivity index (χ2v) is 5.95. The minimum atomic E-state index is -0.633. The molecule has 1 aliphatic heterocycles. The number of hydrogen-bond donors (Lipinski definition) is 0. The SMILES string of the molecule is CCC1=C[C@@H](n2cnc(Cl)cc2=O)[C@@H]2OC(C)(C)O[C@H]12. The first-order valence-corrected chi connectivity index (χ1v) is 7.09. The normalized spacial score (nSPS) is 31.2. The maximum atomic E-state index is 12.1. The Morgan fingerprint density at radius 3 is 2.85 bits per heavy atom. The van der Waals surface area contributed by atoms with Crippen LogP contribution in [0.25, 0.3) is 0 Å². The van der Waals surface area contributed by atoms with E-state index in [-0.39, 0.29) is 29.0 Å². The van der Waals surface area contributed by atoms with Crippen molar-refractivity contribution >= 4 is 11.6 Å². The second-order valence-electron chi connectivity index (χ2n) is 5.56. The minimum Gasteiger partial charge on any atom is -0.342 e. The fourth-order valence-corrected chi connectivity index (χ4v) is 3.04. The van der Waals surface area contributed by atoms with Crippen LogP contribution in [-0.2, 0) is 9.47 Å². The highest BCUT2D eigenvalue weighted by atomic mass is 35.5. The van der Waals surface area contributed by atoms with Crippen molar-refractivity contribution < 1.29 is 9.47 Å². The summed E-state index contributed by atoms with van der Waals surface area (Å²) in [5.41, 5.74) is 0.975. The molecule has 2 heterocycles. The first-order valence-electron chi connectivity index (χ1n) is 6.71. The number of aromatic nitrogens is 2. The lowest BCUT2D eigenvalue weighted by Gasteiger charge is -2.21. The van der Waals surface area contributed by atoms with Crippen LogP contribution in [0.2, 0.25) is 5.15 Å². The van der Waals surface area contributed by atoms with E-state index in [1.807, 2.05) is 19.9 Å². The summed E-state index contributed by atoms with van der Waals surface area (Å²) in [5.74, 6) is -0.633. The zero-order chi connectivity index (χ0) is 14.5. The molecule has 20 heavy (non-hydrogen) atoms. The predicted octanol–water partition coefficient (Wildman–Crippen LogP) is 2.31. The maximum Gasteiger partial charge on any atom is 0.255 e. The van der Waals surface area contributed by atoms with Crippen molar-refractivity contribution in [3.05, 3.63) is 39.5 Å². The molecule has 0 saturated carbocycles. The highest BCUT2D eigenvalue weighted by Gasteiger charge is 2.50. The summed E-state index contributed by atoms with van der Waals surface area (Å²) in [7, 11) is 0. The number of fused-ring (bicyclic) bond motifs is 1. The fourth-order valence-electron chi connectivity index (χ4n) is 2.90. The summed E-state index contributed by atoms with van der Waals surface area (Å²) < 4.78 is 13.5. The number of hydrogen-bond acceptors (Lipinski definition) is 4. The van der Waals surface area contributed by atoms with Gasteiger partial charge in [-0.05, 0) is 25.8 Å². The average Bonchev–Trinajstić information content (AvgIpc) is 2.83. The van der Waals surface area contributed by atoms with Crippen LogP contribution in [0, 0.1) is 0 Å². The zero-order valence-corrected chi connectivity index (χ0v) is 12.4. The molecule has 0 radical (unpaired) electrons. The zero-order valence-electron chi connectivity index (χ0n) is 11.7. The largest absolute Gasteiger partial charge is 0.342 e. The molecule has 5 nitrogen and oxygen atoms in total. The van der Waals surface area contributed by atoms with Gasteiger partial charge in [0.25, 0.3) is 5.56 Å². The molecule has 1 aromatic rings. The van der Waals surface area contributed by atoms with Crippen molar-refractivity contribution in [3.8, 4) is 0 Å². The van der Waals surface area contributed by atoms with Crippen LogP contribution in [0.1, 0.15) is 33.2 Å². The van der Waals surface area contributed by atoms with Crippen LogP contribution in [-0.4, -0.2) is 27.5 Å². The van der Waals surface area contributed by atoms with Gasteiger partial charge in [-0.15, -0.1) is 0 Å². The highest BCUT2D eigenvalue weighted by Crippen LogP contribution is 2.43. The molecule has 3 rings (SSSR count). The third-order valence-corrected chi connectivity index (χ3v) is 3.95. The molecule has 1 aromatic heterocycles. The molecule has 2 aliphatic rings. The lowest BCUT2D eigenvalue weighted by Crippen LogP contribution is -2.33. The first kappa shape index (κ1) is 13.8. The van der Waals surface area contributed by atoms with Gasteiger partial charge in [0.1, 0.15) is 17.4 Å². The van der Waals surface area contributed by atoms with Gasteiger partial charge in [-0.2, -0.15) is 0 Å². The van der Waals surface area contributed by atoms with Crippen LogP contribution in [0.3, 0.4) is 0 Å². The van der Waals surface area contributed by atoms with Gasteiger partial charge in [0.05, 0.1) is 12.4 Å². The highest BCUT2D eigenvalue weighted by molar-refractivity contribution is 6.29. The standard InChI is InChI=1S/C14H17ClN2O3/c1-4-8-5-9(13-12(8)19-14(2,3)20-13)17-7-16-10(15)6-11(17)18/h5-7,9,12-13H,4H2,1-3H3/t9-,12-,13+/m1/s1. The monoisotopic (exact) mass is 296 g/mol. The van der Waals surface area contributed by atoms with E-state index in [0.717, 1.165) is 12.0 Å². The smallest absolute Gasteiger partial charge is 0.255 e. The van der Waals surface area contributed by atoms with E-state index in [4.69, 9.17) is 21.1 Å². The first-order chi connectivity index (χ1) is 9.41. The van der Waals surface area contributed by atoms with Crippen molar-refractivity contribution in [2.24, 2.45) is 0 Å². The Kier molecular flexibility index (Phi) is 3.23. The molecule has 1 fully saturated rings. The topological polar surface area (TPSA) is 53.4 Å². The third-order valence-electron chi connectivity index (χ3n) is 3.75. The second kappa shape index (κ2) is 4.69. The van der Waals surface area contributed by atoms with Gasteiger partial charge in [-0.1, -0.05) is 24.6 Å². The lowest BCUT2D eigenvalue weighted by atomic mass is 10.1. The Bertz CT molecular complexity index is 623. The lowest BCUT2D eigenvalue weighted by molar-refractivity contribution is -0.148. The van der Waals surface area contributed by atoms with Crippen LogP contribution in [0.4, 0.5) is 0 Å². The Balaban J connectivity index is 2.01. The Labute approximate surface area is 122 Å². The van der Waals surface area contributed by atoms with Crippen molar-refractivity contribution in [2.45, 2.75) is 51.2 Å². The van der Waals surface area contributed by atoms with Crippen LogP contribution < -0.4 is 5.56 Å². The van der Waals surface area contributed by atoms with Gasteiger partial charge in [-0.3, -0.25) is 9.36 Å². The van der Waals surface area contributed by atoms with E-state index < -0.39 is 5.79 Å². The molecule has 0 amide bonds. The van der Waals surface area contributed by atoms with Gasteiger partial charge < -0.3 is 9.47 Å². The van der Waals surface area contributed by atoms with E-state index in [1.165, 1.54) is 12.4 Å². The molecule has 0 N–H and O–H groups in total. The molecule has 108 valence electrons. The van der Waals surface area contributed by atoms with Gasteiger partial charge in [-0.25, -0.2) is 4.98 Å². The fraction of sp³-hybridized carbons (Fsp3) is 0.571. The molecular weight excluding hydrogens is 280 g/mol. The van der Waals surface area contributed by atoms with Crippen molar-refractivity contribution in [1.29, 1.82) is 0 Å². The summed E-state index contributed by atoms with van der Waals surface area (Å²) in [5, 5.41) is 0.199. The van der Waals surface area contributed by atoms with Gasteiger partial charge in [0.15, 0.2) is 5.79 Å². The van der Waals surface area contributed by atoms with Crippen molar-refractivity contribution in [3.63, 3.8) is 0 Å². The van der Waals surface area contributed by atoms with E-state index in [0.29, 0.717) is 0 Å². The van der Waals surface area contributed by atoms with Gasteiger partial charge >= 0.3 is 0 Å². The molecule has 0 unspecified atom stereocenters. The van der Waals surface area contributed by atoms with Crippen LogP contribution in [0.15, 0.2) is 28.8 Å². The molecule has 1 saturated heterocycles. The molecule has 1 aliphatic carbocycles. The van der Waals surface area contributed by atoms with Crippen molar-refractivity contribution in [1.82, 2.24) is 9.55 Å². The number of ether oxygens (including phenoxy) is 2. The molecular formula is C14H17ClN2O3. The van der Waals surface area contributed by atoms with E-state index in [1.54, 1.807) is 4.57 Å². The Hall–Kier alpha value is -1.17. The summed E-state index contributed by atoms with van der Waals surface area (Å²) in [6.07, 6.45) is 4.09. The number of nitrogens with zero attached hydrogens (tertiary/aromatic N) is 2. The molecule has 0 bridgehead atoms. The number of rotatable bonds is 2. The van der Waals surface area contributed by atoms with E-state index in [2.05, 4.69) is 11.9 Å². The molecule has 3 atom stereocenters.